The number of aromatic amines is 1. The van der Waals surface area contributed by atoms with Crippen molar-refractivity contribution >= 4 is 22.6 Å². The molecule has 3 fully saturated rings. The second-order valence-corrected chi connectivity index (χ2v) is 10.9. The van der Waals surface area contributed by atoms with E-state index < -0.39 is 0 Å². The maximum atomic E-state index is 12.1. The van der Waals surface area contributed by atoms with Gasteiger partial charge in [-0.1, -0.05) is 18.7 Å². The summed E-state index contributed by atoms with van der Waals surface area (Å²) in [4.78, 5) is 28.0. The predicted molar refractivity (Wildman–Crippen MR) is 144 cm³/mol. The molecular weight excluding hydrogens is 480 g/mol. The highest BCUT2D eigenvalue weighted by atomic mass is 16.5. The van der Waals surface area contributed by atoms with Crippen LogP contribution in [-0.4, -0.2) is 88.3 Å². The minimum absolute atomic E-state index is 0.00337. The standard InChI is InChI=1S/C28H32N8O2/c1-4-22(37)36-16-28(17-36)9-11-35(15-28)26-21(12-29)25(23-18(2)7-8-19-13-30-33-24(19)23)31-27(32-26)38-14-20-6-5-10-34(20)3/h4,7-8,13,20H,1,5-6,9-11,14-17H2,2-3H3,(H,30,33). The summed E-state index contributed by atoms with van der Waals surface area (Å²) in [6.45, 7) is 10.0. The highest BCUT2D eigenvalue weighted by Gasteiger charge is 2.49. The summed E-state index contributed by atoms with van der Waals surface area (Å²) < 4.78 is 6.22. The second-order valence-electron chi connectivity index (χ2n) is 10.9. The molecular formula is C28H32N8O2. The molecule has 0 aliphatic carbocycles. The Bertz CT molecular complexity index is 1450. The molecule has 38 heavy (non-hydrogen) atoms. The number of likely N-dealkylation sites (tertiary alicyclic amines) is 2. The Morgan fingerprint density at radius 1 is 1.32 bits per heavy atom. The normalized spacial score (nSPS) is 20.6. The Labute approximate surface area is 221 Å². The molecule has 1 N–H and O–H groups in total. The number of amides is 1. The van der Waals surface area contributed by atoms with Gasteiger partial charge in [-0.05, 0) is 51.4 Å². The Morgan fingerprint density at radius 2 is 2.16 bits per heavy atom. The summed E-state index contributed by atoms with van der Waals surface area (Å²) in [7, 11) is 2.11. The number of benzene rings is 1. The third-order valence-corrected chi connectivity index (χ3v) is 8.40. The van der Waals surface area contributed by atoms with Gasteiger partial charge in [0.25, 0.3) is 0 Å². The monoisotopic (exact) mass is 512 g/mol. The summed E-state index contributed by atoms with van der Waals surface area (Å²) in [5.41, 5.74) is 3.64. The van der Waals surface area contributed by atoms with Crippen LogP contribution in [0.25, 0.3) is 22.2 Å². The number of rotatable bonds is 6. The van der Waals surface area contributed by atoms with Gasteiger partial charge in [0.1, 0.15) is 18.2 Å². The van der Waals surface area contributed by atoms with E-state index in [2.05, 4.69) is 39.7 Å². The first-order valence-corrected chi connectivity index (χ1v) is 13.2. The molecule has 3 saturated heterocycles. The first-order valence-electron chi connectivity index (χ1n) is 13.2. The first kappa shape index (κ1) is 24.4. The number of carbonyl (C=O) groups excluding carboxylic acids is 1. The van der Waals surface area contributed by atoms with Crippen molar-refractivity contribution in [1.29, 1.82) is 5.26 Å². The van der Waals surface area contributed by atoms with Gasteiger partial charge >= 0.3 is 6.01 Å². The van der Waals surface area contributed by atoms with E-state index in [-0.39, 0.29) is 17.3 Å². The summed E-state index contributed by atoms with van der Waals surface area (Å²) in [5, 5.41) is 18.7. The van der Waals surface area contributed by atoms with Crippen molar-refractivity contribution in [2.75, 3.05) is 51.3 Å². The minimum atomic E-state index is -0.0354. The fourth-order valence-electron chi connectivity index (χ4n) is 6.21. The maximum absolute atomic E-state index is 12.1. The molecule has 10 nitrogen and oxygen atoms in total. The van der Waals surface area contributed by atoms with Crippen molar-refractivity contribution in [3.8, 4) is 23.3 Å². The molecule has 0 bridgehead atoms. The van der Waals surface area contributed by atoms with Gasteiger partial charge in [-0.25, -0.2) is 0 Å². The number of ether oxygens (including phenoxy) is 1. The molecule has 196 valence electrons. The van der Waals surface area contributed by atoms with E-state index in [1.807, 2.05) is 24.0 Å². The SMILES string of the molecule is C=CC(=O)N1CC2(CCN(c3nc(OCC4CCCN4C)nc(-c4c(C)ccc5cn[nH]c45)c3C#N)C2)C1. The minimum Gasteiger partial charge on any atom is -0.462 e. The van der Waals surface area contributed by atoms with Gasteiger partial charge in [0.2, 0.25) is 5.91 Å². The van der Waals surface area contributed by atoms with Crippen LogP contribution in [0.3, 0.4) is 0 Å². The van der Waals surface area contributed by atoms with Crippen LogP contribution in [-0.2, 0) is 4.79 Å². The van der Waals surface area contributed by atoms with Crippen molar-refractivity contribution in [1.82, 2.24) is 30.0 Å². The van der Waals surface area contributed by atoms with Crippen LogP contribution < -0.4 is 9.64 Å². The highest BCUT2D eigenvalue weighted by molar-refractivity contribution is 5.96. The summed E-state index contributed by atoms with van der Waals surface area (Å²) in [6.07, 6.45) is 6.30. The Balaban J connectivity index is 1.39. The zero-order chi connectivity index (χ0) is 26.4. The number of fused-ring (bicyclic) bond motifs is 1. The van der Waals surface area contributed by atoms with Gasteiger partial charge in [0, 0.05) is 48.6 Å². The average molecular weight is 513 g/mol. The van der Waals surface area contributed by atoms with Crippen LogP contribution in [0, 0.1) is 23.7 Å². The van der Waals surface area contributed by atoms with Crippen molar-refractivity contribution in [2.45, 2.75) is 32.2 Å². The number of hydrogen-bond acceptors (Lipinski definition) is 8. The van der Waals surface area contributed by atoms with Crippen LogP contribution in [0.2, 0.25) is 0 Å². The van der Waals surface area contributed by atoms with Gasteiger partial charge < -0.3 is 19.4 Å². The lowest BCUT2D eigenvalue weighted by atomic mass is 9.79. The molecule has 1 atom stereocenters. The molecule has 0 saturated carbocycles. The Morgan fingerprint density at radius 3 is 2.89 bits per heavy atom. The third kappa shape index (κ3) is 4.07. The van der Waals surface area contributed by atoms with Gasteiger partial charge in [-0.3, -0.25) is 9.89 Å². The lowest BCUT2D eigenvalue weighted by Gasteiger charge is -2.47. The van der Waals surface area contributed by atoms with E-state index in [9.17, 15) is 10.1 Å². The number of carbonyl (C=O) groups is 1. The predicted octanol–water partition coefficient (Wildman–Crippen LogP) is 2.90. The number of likely N-dealkylation sites (N-methyl/N-ethyl adjacent to an activating group) is 1. The molecule has 1 unspecified atom stereocenters. The fourth-order valence-corrected chi connectivity index (χ4v) is 6.21. The highest BCUT2D eigenvalue weighted by Crippen LogP contribution is 2.43. The summed E-state index contributed by atoms with van der Waals surface area (Å²) >= 11 is 0. The third-order valence-electron chi connectivity index (χ3n) is 8.40. The van der Waals surface area contributed by atoms with Gasteiger partial charge in [-0.2, -0.15) is 20.3 Å². The van der Waals surface area contributed by atoms with Crippen molar-refractivity contribution in [2.24, 2.45) is 5.41 Å². The topological polar surface area (TPSA) is 114 Å². The lowest BCUT2D eigenvalue weighted by Crippen LogP contribution is -2.59. The zero-order valence-corrected chi connectivity index (χ0v) is 21.9. The molecule has 3 aromatic rings. The van der Waals surface area contributed by atoms with E-state index in [0.717, 1.165) is 60.9 Å². The molecule has 5 heterocycles. The van der Waals surface area contributed by atoms with Crippen molar-refractivity contribution < 1.29 is 9.53 Å². The van der Waals surface area contributed by atoms with Gasteiger partial charge in [0.15, 0.2) is 5.82 Å². The van der Waals surface area contributed by atoms with Crippen LogP contribution >= 0.6 is 0 Å². The number of H-pyrrole nitrogens is 1. The molecule has 1 aromatic carbocycles. The fraction of sp³-hybridized carbons (Fsp3) is 0.464. The van der Waals surface area contributed by atoms with Crippen LogP contribution in [0.5, 0.6) is 6.01 Å². The largest absolute Gasteiger partial charge is 0.462 e. The van der Waals surface area contributed by atoms with Crippen molar-refractivity contribution in [3.05, 3.63) is 42.1 Å². The maximum Gasteiger partial charge on any atom is 0.319 e. The van der Waals surface area contributed by atoms with Gasteiger partial charge in [0.05, 0.1) is 17.4 Å². The Hall–Kier alpha value is -3.97. The van der Waals surface area contributed by atoms with Crippen molar-refractivity contribution in [3.63, 3.8) is 0 Å². The average Bonchev–Trinajstić information content (AvgIpc) is 3.65. The smallest absolute Gasteiger partial charge is 0.319 e. The van der Waals surface area contributed by atoms with Crippen LogP contribution in [0.4, 0.5) is 5.82 Å². The second kappa shape index (κ2) is 9.40. The summed E-state index contributed by atoms with van der Waals surface area (Å²) in [6, 6.07) is 7.04. The zero-order valence-electron chi connectivity index (χ0n) is 21.9. The van der Waals surface area contributed by atoms with E-state index in [4.69, 9.17) is 14.7 Å². The molecule has 1 spiro atoms. The number of hydrogen-bond donors (Lipinski definition) is 1. The number of aromatic nitrogens is 4. The number of nitriles is 1. The molecule has 2 aromatic heterocycles. The van der Waals surface area contributed by atoms with E-state index >= 15 is 0 Å². The number of anilines is 1. The number of aryl methyl sites for hydroxylation is 1. The van der Waals surface area contributed by atoms with E-state index in [1.54, 1.807) is 6.20 Å². The molecule has 10 heteroatoms. The molecule has 6 rings (SSSR count). The van der Waals surface area contributed by atoms with E-state index in [0.29, 0.717) is 42.8 Å². The van der Waals surface area contributed by atoms with E-state index in [1.165, 1.54) is 6.08 Å². The number of nitrogens with zero attached hydrogens (tertiary/aromatic N) is 7. The molecule has 3 aliphatic heterocycles. The first-order chi connectivity index (χ1) is 18.4. The van der Waals surface area contributed by atoms with Gasteiger partial charge in [-0.15, -0.1) is 0 Å². The number of nitrogens with one attached hydrogen (secondary N) is 1. The molecule has 1 amide bonds. The van der Waals surface area contributed by atoms with Crippen LogP contribution in [0.1, 0.15) is 30.4 Å². The molecule has 3 aliphatic rings. The summed E-state index contributed by atoms with van der Waals surface area (Å²) in [5.74, 6) is 0.556. The quantitative estimate of drug-likeness (QED) is 0.502. The molecule has 0 radical (unpaired) electrons. The Kier molecular flexibility index (Phi) is 6.03. The lowest BCUT2D eigenvalue weighted by molar-refractivity contribution is -0.136. The van der Waals surface area contributed by atoms with Crippen LogP contribution in [0.15, 0.2) is 31.0 Å².